The fourth-order valence-corrected chi connectivity index (χ4v) is 2.55. The third-order valence-electron chi connectivity index (χ3n) is 3.46. The number of nitrogens with zero attached hydrogens (tertiary/aromatic N) is 3. The molecule has 2 heterocycles. The van der Waals surface area contributed by atoms with Crippen LogP contribution in [-0.4, -0.2) is 44.4 Å². The van der Waals surface area contributed by atoms with Gasteiger partial charge in [-0.2, -0.15) is 5.10 Å². The van der Waals surface area contributed by atoms with Crippen molar-refractivity contribution < 1.29 is 9.90 Å². The molecule has 5 heteroatoms. The zero-order chi connectivity index (χ0) is 13.1. The molecule has 1 aliphatic heterocycles. The van der Waals surface area contributed by atoms with E-state index in [0.29, 0.717) is 12.0 Å². The SMILES string of the molecule is CCn1cc(C(=O)N2CCCC2CC(C)O)cn1. The van der Waals surface area contributed by atoms with E-state index in [1.807, 2.05) is 11.8 Å². The topological polar surface area (TPSA) is 58.4 Å². The Balaban J connectivity index is 2.07. The summed E-state index contributed by atoms with van der Waals surface area (Å²) < 4.78 is 1.76. The highest BCUT2D eigenvalue weighted by Gasteiger charge is 2.30. The van der Waals surface area contributed by atoms with Gasteiger partial charge in [0, 0.05) is 25.3 Å². The van der Waals surface area contributed by atoms with Gasteiger partial charge < -0.3 is 10.0 Å². The van der Waals surface area contributed by atoms with Crippen LogP contribution in [0.2, 0.25) is 0 Å². The minimum absolute atomic E-state index is 0.0397. The summed E-state index contributed by atoms with van der Waals surface area (Å²) in [6.07, 6.45) is 5.72. The van der Waals surface area contributed by atoms with Crippen molar-refractivity contribution in [2.45, 2.75) is 51.8 Å². The van der Waals surface area contributed by atoms with Crippen LogP contribution in [0.5, 0.6) is 0 Å². The number of hydrogen-bond acceptors (Lipinski definition) is 3. The molecule has 2 unspecified atom stereocenters. The predicted octanol–water partition coefficient (Wildman–Crippen LogP) is 1.28. The molecular formula is C13H21N3O2. The molecule has 18 heavy (non-hydrogen) atoms. The Morgan fingerprint density at radius 1 is 1.67 bits per heavy atom. The molecule has 0 radical (unpaired) electrons. The number of carbonyl (C=O) groups is 1. The van der Waals surface area contributed by atoms with Gasteiger partial charge >= 0.3 is 0 Å². The van der Waals surface area contributed by atoms with Crippen LogP contribution in [0, 0.1) is 0 Å². The van der Waals surface area contributed by atoms with Gasteiger partial charge in [0.05, 0.1) is 17.9 Å². The van der Waals surface area contributed by atoms with Gasteiger partial charge in [-0.1, -0.05) is 0 Å². The van der Waals surface area contributed by atoms with Crippen molar-refractivity contribution in [2.75, 3.05) is 6.54 Å². The number of amides is 1. The molecule has 1 saturated heterocycles. The van der Waals surface area contributed by atoms with Crippen molar-refractivity contribution in [3.63, 3.8) is 0 Å². The van der Waals surface area contributed by atoms with E-state index in [-0.39, 0.29) is 18.1 Å². The number of aliphatic hydroxyl groups excluding tert-OH is 1. The maximum Gasteiger partial charge on any atom is 0.257 e. The van der Waals surface area contributed by atoms with E-state index in [1.54, 1.807) is 24.0 Å². The Labute approximate surface area is 107 Å². The summed E-state index contributed by atoms with van der Waals surface area (Å²) in [5, 5.41) is 13.6. The van der Waals surface area contributed by atoms with Crippen molar-refractivity contribution in [2.24, 2.45) is 0 Å². The van der Waals surface area contributed by atoms with E-state index in [4.69, 9.17) is 0 Å². The van der Waals surface area contributed by atoms with Gasteiger partial charge in [-0.25, -0.2) is 0 Å². The Hall–Kier alpha value is -1.36. The first-order chi connectivity index (χ1) is 8.61. The van der Waals surface area contributed by atoms with Gasteiger partial charge in [-0.05, 0) is 33.1 Å². The maximum absolute atomic E-state index is 12.4. The number of aromatic nitrogens is 2. The number of carbonyl (C=O) groups excluding carboxylic acids is 1. The molecule has 0 bridgehead atoms. The summed E-state index contributed by atoms with van der Waals surface area (Å²) in [5.74, 6) is 0.0397. The first-order valence-electron chi connectivity index (χ1n) is 6.63. The molecule has 1 aromatic rings. The molecule has 2 rings (SSSR count). The fourth-order valence-electron chi connectivity index (χ4n) is 2.55. The molecule has 1 aromatic heterocycles. The summed E-state index contributed by atoms with van der Waals surface area (Å²) in [4.78, 5) is 14.2. The van der Waals surface area contributed by atoms with Gasteiger partial charge in [-0.15, -0.1) is 0 Å². The molecule has 0 spiro atoms. The largest absolute Gasteiger partial charge is 0.393 e. The van der Waals surface area contributed by atoms with Crippen LogP contribution < -0.4 is 0 Å². The van der Waals surface area contributed by atoms with Crippen molar-refractivity contribution in [1.82, 2.24) is 14.7 Å². The third-order valence-corrected chi connectivity index (χ3v) is 3.46. The molecule has 2 atom stereocenters. The molecule has 1 fully saturated rings. The smallest absolute Gasteiger partial charge is 0.257 e. The zero-order valence-electron chi connectivity index (χ0n) is 11.0. The van der Waals surface area contributed by atoms with Crippen molar-refractivity contribution >= 4 is 5.91 Å². The second-order valence-corrected chi connectivity index (χ2v) is 4.96. The van der Waals surface area contributed by atoms with Crippen molar-refractivity contribution in [3.8, 4) is 0 Å². The molecule has 1 aliphatic rings. The highest BCUT2D eigenvalue weighted by atomic mass is 16.3. The number of aryl methyl sites for hydroxylation is 1. The summed E-state index contributed by atoms with van der Waals surface area (Å²) in [6.45, 7) is 5.32. The fraction of sp³-hybridized carbons (Fsp3) is 0.692. The molecule has 1 N–H and O–H groups in total. The highest BCUT2D eigenvalue weighted by molar-refractivity contribution is 5.94. The van der Waals surface area contributed by atoms with Crippen LogP contribution in [0.15, 0.2) is 12.4 Å². The molecule has 1 amide bonds. The van der Waals surface area contributed by atoms with Crippen LogP contribution in [-0.2, 0) is 6.54 Å². The lowest BCUT2D eigenvalue weighted by molar-refractivity contribution is 0.0682. The monoisotopic (exact) mass is 251 g/mol. The third kappa shape index (κ3) is 2.72. The second-order valence-electron chi connectivity index (χ2n) is 4.96. The summed E-state index contributed by atoms with van der Waals surface area (Å²) in [5.41, 5.74) is 0.648. The van der Waals surface area contributed by atoms with Gasteiger partial charge in [0.2, 0.25) is 0 Å². The summed E-state index contributed by atoms with van der Waals surface area (Å²) >= 11 is 0. The van der Waals surface area contributed by atoms with E-state index < -0.39 is 0 Å². The normalized spacial score (nSPS) is 21.3. The quantitative estimate of drug-likeness (QED) is 0.877. The van der Waals surface area contributed by atoms with E-state index >= 15 is 0 Å². The minimum atomic E-state index is -0.359. The van der Waals surface area contributed by atoms with E-state index in [2.05, 4.69) is 5.10 Å². The predicted molar refractivity (Wildman–Crippen MR) is 68.3 cm³/mol. The van der Waals surface area contributed by atoms with Crippen LogP contribution in [0.4, 0.5) is 0 Å². The molecule has 100 valence electrons. The van der Waals surface area contributed by atoms with E-state index in [0.717, 1.165) is 25.9 Å². The van der Waals surface area contributed by atoms with Crippen LogP contribution in [0.1, 0.15) is 43.5 Å². The van der Waals surface area contributed by atoms with Crippen molar-refractivity contribution in [1.29, 1.82) is 0 Å². The Morgan fingerprint density at radius 2 is 2.44 bits per heavy atom. The lowest BCUT2D eigenvalue weighted by atomic mass is 10.1. The maximum atomic E-state index is 12.4. The summed E-state index contributed by atoms with van der Waals surface area (Å²) in [7, 11) is 0. The van der Waals surface area contributed by atoms with Gasteiger partial charge in [0.25, 0.3) is 5.91 Å². The van der Waals surface area contributed by atoms with E-state index in [9.17, 15) is 9.90 Å². The lowest BCUT2D eigenvalue weighted by Crippen LogP contribution is -2.37. The van der Waals surface area contributed by atoms with Gasteiger partial charge in [0.1, 0.15) is 0 Å². The number of rotatable bonds is 4. The zero-order valence-corrected chi connectivity index (χ0v) is 11.0. The number of aliphatic hydroxyl groups is 1. The van der Waals surface area contributed by atoms with Crippen molar-refractivity contribution in [3.05, 3.63) is 18.0 Å². The van der Waals surface area contributed by atoms with Gasteiger partial charge in [0.15, 0.2) is 0 Å². The number of hydrogen-bond donors (Lipinski definition) is 1. The molecule has 0 saturated carbocycles. The number of likely N-dealkylation sites (tertiary alicyclic amines) is 1. The highest BCUT2D eigenvalue weighted by Crippen LogP contribution is 2.23. The Morgan fingerprint density at radius 3 is 3.06 bits per heavy atom. The average molecular weight is 251 g/mol. The Bertz CT molecular complexity index is 414. The van der Waals surface area contributed by atoms with Crippen LogP contribution in [0.25, 0.3) is 0 Å². The first-order valence-corrected chi connectivity index (χ1v) is 6.63. The van der Waals surface area contributed by atoms with Crippen LogP contribution >= 0.6 is 0 Å². The van der Waals surface area contributed by atoms with Crippen LogP contribution in [0.3, 0.4) is 0 Å². The molecule has 0 aromatic carbocycles. The minimum Gasteiger partial charge on any atom is -0.393 e. The standard InChI is InChI=1S/C13H21N3O2/c1-3-15-9-11(8-14-15)13(18)16-6-4-5-12(16)7-10(2)17/h8-10,12,17H,3-7H2,1-2H3. The summed E-state index contributed by atoms with van der Waals surface area (Å²) in [6, 6.07) is 0.169. The van der Waals surface area contributed by atoms with E-state index in [1.165, 1.54) is 0 Å². The molecule has 0 aliphatic carbocycles. The average Bonchev–Trinajstić information content (AvgIpc) is 2.95. The lowest BCUT2D eigenvalue weighted by Gasteiger charge is -2.25. The molecule has 5 nitrogen and oxygen atoms in total. The second kappa shape index (κ2) is 5.52. The first kappa shape index (κ1) is 13.1. The van der Waals surface area contributed by atoms with Gasteiger partial charge in [-0.3, -0.25) is 9.48 Å². The molecular weight excluding hydrogens is 230 g/mol. The Kier molecular flexibility index (Phi) is 4.01.